The van der Waals surface area contributed by atoms with E-state index in [0.717, 1.165) is 0 Å². The highest BCUT2D eigenvalue weighted by molar-refractivity contribution is 7.86. The maximum absolute atomic E-state index is 12.2. The molecule has 0 heterocycles. The summed E-state index contributed by atoms with van der Waals surface area (Å²) in [6, 6.07) is 22.6. The van der Waals surface area contributed by atoms with Crippen molar-refractivity contribution in [1.82, 2.24) is 0 Å². The molecule has 0 unspecified atom stereocenters. The molecule has 4 aromatic carbocycles. The second-order valence-electron chi connectivity index (χ2n) is 10.1. The number of benzene rings is 4. The maximum Gasteiger partial charge on any atom is 0.296 e. The normalized spacial score (nSPS) is 13.4. The SMILES string of the molecule is NCc1c(C(=C2C=CC(=Nc3ccccc3S(=O)(=O)O)C=C2)c2ccc(Nc3ccccc3S(=O)(=O)O)cc2)cccc1S(=O)(=O)O. The summed E-state index contributed by atoms with van der Waals surface area (Å²) >= 11 is 0. The van der Waals surface area contributed by atoms with Crippen molar-refractivity contribution < 1.29 is 38.9 Å². The van der Waals surface area contributed by atoms with Crippen molar-refractivity contribution in [3.8, 4) is 0 Å². The number of allylic oxidation sites excluding steroid dienone is 5. The van der Waals surface area contributed by atoms with Crippen LogP contribution in [0, 0.1) is 0 Å². The second kappa shape index (κ2) is 13.2. The van der Waals surface area contributed by atoms with Crippen molar-refractivity contribution in [2.45, 2.75) is 21.2 Å². The summed E-state index contributed by atoms with van der Waals surface area (Å²) in [5.41, 5.74) is 9.25. The molecule has 0 fully saturated rings. The smallest absolute Gasteiger partial charge is 0.296 e. The summed E-state index contributed by atoms with van der Waals surface area (Å²) in [5.74, 6) is 0. The summed E-state index contributed by atoms with van der Waals surface area (Å²) < 4.78 is 101. The van der Waals surface area contributed by atoms with Crippen molar-refractivity contribution in [1.29, 1.82) is 0 Å². The van der Waals surface area contributed by atoms with Gasteiger partial charge >= 0.3 is 0 Å². The fraction of sp³-hybridized carbons (Fsp3) is 0.0312. The molecule has 0 aliphatic heterocycles. The largest absolute Gasteiger partial charge is 0.354 e. The summed E-state index contributed by atoms with van der Waals surface area (Å²) in [6.45, 7) is -0.235. The fourth-order valence-electron chi connectivity index (χ4n) is 5.01. The zero-order valence-electron chi connectivity index (χ0n) is 24.2. The third kappa shape index (κ3) is 7.64. The Balaban J connectivity index is 1.62. The molecule has 0 saturated carbocycles. The third-order valence-electron chi connectivity index (χ3n) is 7.05. The molecular formula is C32H27N3O9S3. The lowest BCUT2D eigenvalue weighted by atomic mass is 9.88. The van der Waals surface area contributed by atoms with E-state index in [4.69, 9.17) is 5.73 Å². The van der Waals surface area contributed by atoms with Crippen LogP contribution >= 0.6 is 0 Å². The van der Waals surface area contributed by atoms with Gasteiger partial charge in [-0.1, -0.05) is 60.7 Å². The first-order valence-corrected chi connectivity index (χ1v) is 18.0. The lowest BCUT2D eigenvalue weighted by Crippen LogP contribution is -2.11. The standard InChI is InChI=1S/C32H27N3O9S3/c33-20-26-25(6-5-11-29(26)45(36,37)38)32(21-12-16-23(17-13-21)34-27-7-1-3-9-30(27)46(39,40)41)22-14-18-24(19-15-22)35-28-8-2-4-10-31(28)47(42,43)44/h1-19,34H,20,33H2,(H,36,37,38)(H,39,40,41)(H,42,43,44). The lowest BCUT2D eigenvalue weighted by Gasteiger charge is -2.19. The van der Waals surface area contributed by atoms with Crippen LogP contribution in [-0.2, 0) is 36.9 Å². The highest BCUT2D eigenvalue weighted by Gasteiger charge is 2.22. The van der Waals surface area contributed by atoms with Crippen LogP contribution in [-0.4, -0.2) is 44.6 Å². The molecule has 5 rings (SSSR count). The second-order valence-corrected chi connectivity index (χ2v) is 14.3. The van der Waals surface area contributed by atoms with Gasteiger partial charge in [-0.2, -0.15) is 25.3 Å². The number of rotatable bonds is 9. The maximum atomic E-state index is 12.2. The van der Waals surface area contributed by atoms with Gasteiger partial charge in [0.2, 0.25) is 0 Å². The molecule has 0 saturated heterocycles. The Labute approximate surface area is 271 Å². The number of para-hydroxylation sites is 2. The van der Waals surface area contributed by atoms with Gasteiger partial charge in [-0.05, 0) is 82.5 Å². The Morgan fingerprint density at radius 1 is 0.638 bits per heavy atom. The van der Waals surface area contributed by atoms with Gasteiger partial charge in [0, 0.05) is 12.2 Å². The summed E-state index contributed by atoms with van der Waals surface area (Å²) in [6.07, 6.45) is 6.57. The van der Waals surface area contributed by atoms with Crippen LogP contribution in [0.25, 0.3) is 5.57 Å². The minimum atomic E-state index is -4.64. The van der Waals surface area contributed by atoms with Crippen LogP contribution in [0.3, 0.4) is 0 Å². The van der Waals surface area contributed by atoms with Gasteiger partial charge in [0.25, 0.3) is 30.4 Å². The lowest BCUT2D eigenvalue weighted by molar-refractivity contribution is 0.480. The van der Waals surface area contributed by atoms with Gasteiger partial charge in [0.15, 0.2) is 0 Å². The van der Waals surface area contributed by atoms with E-state index in [1.165, 1.54) is 48.5 Å². The van der Waals surface area contributed by atoms with Crippen molar-refractivity contribution >= 4 is 58.7 Å². The minimum absolute atomic E-state index is 0.0249. The molecule has 0 bridgehead atoms. The Hall–Kier alpha value is -4.74. The molecule has 1 aliphatic carbocycles. The first-order valence-electron chi connectivity index (χ1n) is 13.7. The average molecular weight is 694 g/mol. The van der Waals surface area contributed by atoms with Crippen molar-refractivity contribution in [2.24, 2.45) is 10.7 Å². The summed E-state index contributed by atoms with van der Waals surface area (Å²) in [5, 5.41) is 2.97. The highest BCUT2D eigenvalue weighted by Crippen LogP contribution is 2.36. The van der Waals surface area contributed by atoms with E-state index in [0.29, 0.717) is 33.7 Å². The number of anilines is 2. The van der Waals surface area contributed by atoms with E-state index in [9.17, 15) is 38.9 Å². The fourth-order valence-corrected chi connectivity index (χ4v) is 7.04. The number of nitrogens with two attached hydrogens (primary N) is 1. The van der Waals surface area contributed by atoms with Gasteiger partial charge in [-0.3, -0.25) is 13.7 Å². The monoisotopic (exact) mass is 693 g/mol. The Morgan fingerprint density at radius 3 is 1.79 bits per heavy atom. The van der Waals surface area contributed by atoms with Gasteiger partial charge in [-0.25, -0.2) is 4.99 Å². The molecule has 4 aromatic rings. The van der Waals surface area contributed by atoms with Crippen molar-refractivity contribution in [2.75, 3.05) is 5.32 Å². The number of aliphatic imine (C=N–C) groups is 1. The van der Waals surface area contributed by atoms with E-state index in [2.05, 4.69) is 10.3 Å². The van der Waals surface area contributed by atoms with Crippen LogP contribution < -0.4 is 11.1 Å². The predicted octanol–water partition coefficient (Wildman–Crippen LogP) is 5.33. The van der Waals surface area contributed by atoms with Gasteiger partial charge in [0.1, 0.15) is 9.79 Å². The first-order chi connectivity index (χ1) is 22.2. The molecule has 1 aliphatic rings. The first kappa shape index (κ1) is 33.6. The van der Waals surface area contributed by atoms with E-state index >= 15 is 0 Å². The highest BCUT2D eigenvalue weighted by atomic mass is 32.2. The molecule has 15 heteroatoms. The molecule has 0 atom stereocenters. The van der Waals surface area contributed by atoms with Gasteiger partial charge in [-0.15, -0.1) is 0 Å². The van der Waals surface area contributed by atoms with Crippen molar-refractivity contribution in [3.63, 3.8) is 0 Å². The summed E-state index contributed by atoms with van der Waals surface area (Å²) in [7, 11) is -13.7. The Kier molecular flexibility index (Phi) is 9.42. The van der Waals surface area contributed by atoms with Crippen LogP contribution in [0.1, 0.15) is 16.7 Å². The van der Waals surface area contributed by atoms with Crippen LogP contribution in [0.5, 0.6) is 0 Å². The number of nitrogens with zero attached hydrogens (tertiary/aromatic N) is 1. The predicted molar refractivity (Wildman–Crippen MR) is 178 cm³/mol. The van der Waals surface area contributed by atoms with Crippen LogP contribution in [0.4, 0.5) is 17.1 Å². The van der Waals surface area contributed by atoms with E-state index in [1.54, 1.807) is 66.8 Å². The molecule has 12 nitrogen and oxygen atoms in total. The molecule has 242 valence electrons. The Bertz CT molecular complexity index is 2310. The molecule has 0 amide bonds. The summed E-state index contributed by atoms with van der Waals surface area (Å²) in [4.78, 5) is 3.33. The van der Waals surface area contributed by atoms with Gasteiger partial charge in [0.05, 0.1) is 22.0 Å². The number of hydrogen-bond acceptors (Lipinski definition) is 9. The topological polar surface area (TPSA) is 214 Å². The van der Waals surface area contributed by atoms with E-state index < -0.39 is 30.4 Å². The average Bonchev–Trinajstić information content (AvgIpc) is 3.02. The van der Waals surface area contributed by atoms with Gasteiger partial charge < -0.3 is 11.1 Å². The zero-order chi connectivity index (χ0) is 34.0. The third-order valence-corrected chi connectivity index (χ3v) is 9.80. The van der Waals surface area contributed by atoms with E-state index in [-0.39, 0.29) is 38.2 Å². The number of nitrogens with one attached hydrogen (secondary N) is 1. The zero-order valence-corrected chi connectivity index (χ0v) is 26.7. The van der Waals surface area contributed by atoms with E-state index in [1.807, 2.05) is 0 Å². The quantitative estimate of drug-likeness (QED) is 0.141. The molecule has 0 radical (unpaired) electrons. The van der Waals surface area contributed by atoms with Crippen LogP contribution in [0.15, 0.2) is 141 Å². The minimum Gasteiger partial charge on any atom is -0.354 e. The molecule has 6 N–H and O–H groups in total. The van der Waals surface area contributed by atoms with Crippen LogP contribution in [0.2, 0.25) is 0 Å². The number of hydrogen-bond donors (Lipinski definition) is 5. The molecular weight excluding hydrogens is 667 g/mol. The molecule has 0 spiro atoms. The molecule has 47 heavy (non-hydrogen) atoms. The molecule has 0 aromatic heterocycles. The van der Waals surface area contributed by atoms with Crippen molar-refractivity contribution in [3.05, 3.63) is 138 Å². The Morgan fingerprint density at radius 2 is 1.19 bits per heavy atom.